The molecule has 9 heteroatoms. The van der Waals surface area contributed by atoms with E-state index in [4.69, 9.17) is 19.9 Å². The Morgan fingerprint density at radius 3 is 2.47 bits per heavy atom. The van der Waals surface area contributed by atoms with E-state index in [1.807, 2.05) is 20.8 Å². The van der Waals surface area contributed by atoms with Gasteiger partial charge in [-0.05, 0) is 38.7 Å². The van der Waals surface area contributed by atoms with Crippen molar-refractivity contribution in [2.24, 2.45) is 5.41 Å². The maximum absolute atomic E-state index is 12.5. The number of hydrogen-bond acceptors (Lipinski definition) is 7. The molecular weight excluding hydrogens is 388 g/mol. The molecule has 1 fully saturated rings. The van der Waals surface area contributed by atoms with Crippen molar-refractivity contribution in [1.29, 1.82) is 0 Å². The third-order valence-corrected chi connectivity index (χ3v) is 4.63. The lowest BCUT2D eigenvalue weighted by Crippen LogP contribution is -2.43. The quantitative estimate of drug-likeness (QED) is 0.686. The normalized spacial score (nSPS) is 24.8. The second-order valence-corrected chi connectivity index (χ2v) is 9.83. The summed E-state index contributed by atoms with van der Waals surface area (Å²) in [5, 5.41) is 2.58. The van der Waals surface area contributed by atoms with E-state index in [0.29, 0.717) is 6.42 Å². The fraction of sp³-hybridized carbons (Fsp3) is 0.762. The third kappa shape index (κ3) is 6.78. The average Bonchev–Trinajstić information content (AvgIpc) is 2.89. The lowest BCUT2D eigenvalue weighted by molar-refractivity contribution is -0.136. The molecule has 1 aromatic heterocycles. The first-order chi connectivity index (χ1) is 13.8. The summed E-state index contributed by atoms with van der Waals surface area (Å²) < 4.78 is 20.2. The summed E-state index contributed by atoms with van der Waals surface area (Å²) in [5.74, 6) is 0.0105. The maximum atomic E-state index is 12.5. The van der Waals surface area contributed by atoms with Crippen LogP contribution in [-0.4, -0.2) is 53.0 Å². The van der Waals surface area contributed by atoms with Crippen molar-refractivity contribution in [2.45, 2.75) is 84.5 Å². The van der Waals surface area contributed by atoms with Gasteiger partial charge in [0.05, 0.1) is 18.3 Å². The largest absolute Gasteiger partial charge is 0.383 e. The fourth-order valence-electron chi connectivity index (χ4n) is 3.46. The minimum atomic E-state index is -0.741. The van der Waals surface area contributed by atoms with Crippen molar-refractivity contribution in [3.63, 3.8) is 0 Å². The van der Waals surface area contributed by atoms with Crippen LogP contribution in [0.3, 0.4) is 0 Å². The summed E-state index contributed by atoms with van der Waals surface area (Å²) in [6, 6.07) is 1.54. The molecule has 1 amide bonds. The number of nitrogens with two attached hydrogens (primary N) is 1. The monoisotopic (exact) mass is 424 g/mol. The number of anilines is 1. The molecule has 1 unspecified atom stereocenters. The molecule has 0 spiro atoms. The molecular formula is C21H36N4O5. The Kier molecular flexibility index (Phi) is 7.65. The summed E-state index contributed by atoms with van der Waals surface area (Å²) in [7, 11) is 1.58. The molecule has 0 aliphatic carbocycles. The standard InChI is InChI=1S/C21H36N4O5/c1-20(2,3)12-13-16(30-21(4,5)6)17(28-11-9-15(26)23-7)18(29-13)25-10-8-14(22)24-19(25)27/h8,10,13,16-18H,9,11-12H2,1-7H3,(H,23,26)(H2,22,24,27)/t13-,16?,17+,18-/m1/s1. The maximum Gasteiger partial charge on any atom is 0.351 e. The minimum absolute atomic E-state index is 0.0317. The predicted octanol–water partition coefficient (Wildman–Crippen LogP) is 1.86. The van der Waals surface area contributed by atoms with Gasteiger partial charge in [-0.3, -0.25) is 9.36 Å². The van der Waals surface area contributed by atoms with Crippen molar-refractivity contribution < 1.29 is 19.0 Å². The van der Waals surface area contributed by atoms with E-state index in [0.717, 1.165) is 0 Å². The van der Waals surface area contributed by atoms with Gasteiger partial charge in [-0.15, -0.1) is 0 Å². The molecule has 9 nitrogen and oxygen atoms in total. The molecule has 1 aliphatic heterocycles. The number of nitrogens with zero attached hydrogens (tertiary/aromatic N) is 2. The fourth-order valence-corrected chi connectivity index (χ4v) is 3.46. The number of nitrogen functional groups attached to an aromatic ring is 1. The molecule has 1 aliphatic rings. The molecule has 3 N–H and O–H groups in total. The zero-order valence-corrected chi connectivity index (χ0v) is 19.1. The van der Waals surface area contributed by atoms with Crippen molar-refractivity contribution in [3.05, 3.63) is 22.7 Å². The highest BCUT2D eigenvalue weighted by molar-refractivity contribution is 5.75. The van der Waals surface area contributed by atoms with Gasteiger partial charge in [0, 0.05) is 19.7 Å². The average molecular weight is 425 g/mol. The Hall–Kier alpha value is -1.97. The van der Waals surface area contributed by atoms with E-state index >= 15 is 0 Å². The lowest BCUT2D eigenvalue weighted by atomic mass is 9.87. The molecule has 4 atom stereocenters. The van der Waals surface area contributed by atoms with Crippen LogP contribution in [0.5, 0.6) is 0 Å². The second kappa shape index (κ2) is 9.45. The van der Waals surface area contributed by atoms with Gasteiger partial charge in [-0.1, -0.05) is 20.8 Å². The molecule has 170 valence electrons. The van der Waals surface area contributed by atoms with E-state index in [1.54, 1.807) is 19.3 Å². The van der Waals surface area contributed by atoms with Crippen LogP contribution in [0.4, 0.5) is 5.82 Å². The van der Waals surface area contributed by atoms with E-state index in [1.165, 1.54) is 4.57 Å². The Balaban J connectivity index is 2.40. The van der Waals surface area contributed by atoms with Crippen LogP contribution in [0.1, 0.15) is 60.6 Å². The highest BCUT2D eigenvalue weighted by Gasteiger charge is 2.49. The second-order valence-electron chi connectivity index (χ2n) is 9.83. The zero-order chi connectivity index (χ0) is 22.7. The predicted molar refractivity (Wildman–Crippen MR) is 114 cm³/mol. The highest BCUT2D eigenvalue weighted by atomic mass is 16.6. The summed E-state index contributed by atoms with van der Waals surface area (Å²) in [4.78, 5) is 28.0. The summed E-state index contributed by atoms with van der Waals surface area (Å²) in [6.07, 6.45) is 0.390. The summed E-state index contributed by atoms with van der Waals surface area (Å²) in [6.45, 7) is 12.4. The van der Waals surface area contributed by atoms with Crippen LogP contribution in [0.25, 0.3) is 0 Å². The first-order valence-corrected chi connectivity index (χ1v) is 10.3. The molecule has 30 heavy (non-hydrogen) atoms. The van der Waals surface area contributed by atoms with Crippen LogP contribution >= 0.6 is 0 Å². The number of rotatable bonds is 7. The van der Waals surface area contributed by atoms with Crippen LogP contribution in [-0.2, 0) is 19.0 Å². The Labute approximate surface area is 178 Å². The van der Waals surface area contributed by atoms with Gasteiger partial charge < -0.3 is 25.3 Å². The number of hydrogen-bond donors (Lipinski definition) is 2. The molecule has 0 aromatic carbocycles. The van der Waals surface area contributed by atoms with Gasteiger partial charge in [0.2, 0.25) is 5.91 Å². The lowest BCUT2D eigenvalue weighted by Gasteiger charge is -2.33. The molecule has 1 aromatic rings. The summed E-state index contributed by atoms with van der Waals surface area (Å²) in [5.41, 5.74) is 4.64. The highest BCUT2D eigenvalue weighted by Crippen LogP contribution is 2.39. The third-order valence-electron chi connectivity index (χ3n) is 4.63. The van der Waals surface area contributed by atoms with Gasteiger partial charge in [0.25, 0.3) is 0 Å². The van der Waals surface area contributed by atoms with Crippen LogP contribution < -0.4 is 16.7 Å². The topological polar surface area (TPSA) is 118 Å². The van der Waals surface area contributed by atoms with E-state index in [-0.39, 0.29) is 36.3 Å². The number of ether oxygens (including phenoxy) is 3. The van der Waals surface area contributed by atoms with E-state index in [9.17, 15) is 9.59 Å². The zero-order valence-electron chi connectivity index (χ0n) is 19.1. The number of aromatic nitrogens is 2. The van der Waals surface area contributed by atoms with Crippen LogP contribution in [0, 0.1) is 5.41 Å². The smallest absolute Gasteiger partial charge is 0.351 e. The van der Waals surface area contributed by atoms with E-state index in [2.05, 4.69) is 31.1 Å². The Morgan fingerprint density at radius 2 is 1.93 bits per heavy atom. The molecule has 0 saturated carbocycles. The number of amides is 1. The van der Waals surface area contributed by atoms with Gasteiger partial charge in [-0.25, -0.2) is 4.79 Å². The first kappa shape index (κ1) is 24.3. The van der Waals surface area contributed by atoms with Crippen molar-refractivity contribution in [1.82, 2.24) is 14.9 Å². The van der Waals surface area contributed by atoms with Crippen molar-refractivity contribution in [3.8, 4) is 0 Å². The van der Waals surface area contributed by atoms with Gasteiger partial charge in [0.1, 0.15) is 18.0 Å². The first-order valence-electron chi connectivity index (χ1n) is 10.3. The number of carbonyl (C=O) groups is 1. The Morgan fingerprint density at radius 1 is 1.27 bits per heavy atom. The summed E-state index contributed by atoms with van der Waals surface area (Å²) >= 11 is 0. The minimum Gasteiger partial charge on any atom is -0.383 e. The van der Waals surface area contributed by atoms with Crippen LogP contribution in [0.2, 0.25) is 0 Å². The van der Waals surface area contributed by atoms with Gasteiger partial charge in [-0.2, -0.15) is 4.98 Å². The van der Waals surface area contributed by atoms with Gasteiger partial charge >= 0.3 is 5.69 Å². The molecule has 2 heterocycles. The SMILES string of the molecule is CNC(=O)CCO[C@H]1C(OC(C)(C)C)[C@@H](CC(C)(C)C)O[C@H]1n1ccc(N)nc1=O. The number of carbonyl (C=O) groups excluding carboxylic acids is 1. The van der Waals surface area contributed by atoms with Crippen molar-refractivity contribution in [2.75, 3.05) is 19.4 Å². The van der Waals surface area contributed by atoms with E-state index < -0.39 is 29.7 Å². The number of nitrogens with one attached hydrogen (secondary N) is 1. The molecule has 0 bridgehead atoms. The van der Waals surface area contributed by atoms with Crippen molar-refractivity contribution >= 4 is 11.7 Å². The molecule has 2 rings (SSSR count). The van der Waals surface area contributed by atoms with Crippen LogP contribution in [0.15, 0.2) is 17.1 Å². The Bertz CT molecular complexity index is 781. The van der Waals surface area contributed by atoms with Gasteiger partial charge in [0.15, 0.2) is 6.23 Å². The molecule has 0 radical (unpaired) electrons. The molecule has 1 saturated heterocycles.